The van der Waals surface area contributed by atoms with Gasteiger partial charge in [0, 0.05) is 24.7 Å². The van der Waals surface area contributed by atoms with Crippen LogP contribution in [0.25, 0.3) is 0 Å². The first kappa shape index (κ1) is 14.6. The molecule has 4 nitrogen and oxygen atoms in total. The van der Waals surface area contributed by atoms with Crippen LogP contribution in [0.3, 0.4) is 0 Å². The summed E-state index contributed by atoms with van der Waals surface area (Å²) < 4.78 is 0. The molecule has 4 unspecified atom stereocenters. The summed E-state index contributed by atoms with van der Waals surface area (Å²) >= 11 is 0. The van der Waals surface area contributed by atoms with Crippen molar-refractivity contribution < 1.29 is 9.90 Å². The summed E-state index contributed by atoms with van der Waals surface area (Å²) in [6, 6.07) is 1.09. The molecule has 0 aromatic heterocycles. The van der Waals surface area contributed by atoms with Gasteiger partial charge in [0.05, 0.1) is 0 Å². The van der Waals surface area contributed by atoms with Crippen LogP contribution in [-0.2, 0) is 0 Å². The minimum Gasteiger partial charge on any atom is -0.396 e. The fourth-order valence-corrected chi connectivity index (χ4v) is 3.81. The Bertz CT molecular complexity index is 309. The Morgan fingerprint density at radius 2 is 2.16 bits per heavy atom. The Hall–Kier alpha value is -0.770. The van der Waals surface area contributed by atoms with Gasteiger partial charge in [0.25, 0.3) is 0 Å². The Morgan fingerprint density at radius 3 is 2.89 bits per heavy atom. The number of carbonyl (C=O) groups is 1. The predicted octanol–water partition coefficient (Wildman–Crippen LogP) is 2.51. The molecular formula is C15H28N2O2. The number of carbonyl (C=O) groups excluding carboxylic acids is 1. The van der Waals surface area contributed by atoms with E-state index in [9.17, 15) is 4.79 Å². The Labute approximate surface area is 116 Å². The number of nitrogens with one attached hydrogen (secondary N) is 1. The first-order chi connectivity index (χ1) is 9.13. The van der Waals surface area contributed by atoms with Crippen LogP contribution in [0, 0.1) is 5.92 Å². The molecule has 4 heteroatoms. The molecule has 2 amide bonds. The molecule has 1 saturated carbocycles. The average molecular weight is 268 g/mol. The maximum Gasteiger partial charge on any atom is 0.318 e. The van der Waals surface area contributed by atoms with Crippen molar-refractivity contribution in [1.82, 2.24) is 10.2 Å². The van der Waals surface area contributed by atoms with Crippen molar-refractivity contribution in [2.24, 2.45) is 5.92 Å². The third-order valence-corrected chi connectivity index (χ3v) is 4.74. The smallest absolute Gasteiger partial charge is 0.318 e. The van der Waals surface area contributed by atoms with Gasteiger partial charge < -0.3 is 15.3 Å². The van der Waals surface area contributed by atoms with E-state index < -0.39 is 0 Å². The molecule has 110 valence electrons. The molecule has 1 aliphatic carbocycles. The minimum absolute atomic E-state index is 0.104. The second-order valence-corrected chi connectivity index (χ2v) is 6.32. The number of hydrogen-bond acceptors (Lipinski definition) is 2. The molecule has 2 fully saturated rings. The van der Waals surface area contributed by atoms with E-state index in [1.807, 2.05) is 6.92 Å². The van der Waals surface area contributed by atoms with Gasteiger partial charge in [-0.15, -0.1) is 0 Å². The first-order valence-corrected chi connectivity index (χ1v) is 7.83. The largest absolute Gasteiger partial charge is 0.396 e. The van der Waals surface area contributed by atoms with E-state index in [4.69, 9.17) is 5.11 Å². The number of nitrogens with zero attached hydrogens (tertiary/aromatic N) is 1. The maximum atomic E-state index is 12.4. The van der Waals surface area contributed by atoms with Gasteiger partial charge in [-0.2, -0.15) is 0 Å². The molecule has 0 aromatic carbocycles. The highest BCUT2D eigenvalue weighted by Crippen LogP contribution is 2.39. The normalized spacial score (nSPS) is 31.9. The second kappa shape index (κ2) is 6.60. The van der Waals surface area contributed by atoms with Gasteiger partial charge in [-0.25, -0.2) is 4.79 Å². The third-order valence-electron chi connectivity index (χ3n) is 4.74. The van der Waals surface area contributed by atoms with Crippen molar-refractivity contribution in [3.05, 3.63) is 0 Å². The molecule has 1 heterocycles. The zero-order valence-corrected chi connectivity index (χ0v) is 12.3. The molecule has 4 atom stereocenters. The monoisotopic (exact) mass is 268 g/mol. The lowest BCUT2D eigenvalue weighted by molar-refractivity contribution is 0.152. The van der Waals surface area contributed by atoms with E-state index in [-0.39, 0.29) is 18.7 Å². The predicted molar refractivity (Wildman–Crippen MR) is 76.0 cm³/mol. The van der Waals surface area contributed by atoms with Gasteiger partial charge in [0.15, 0.2) is 0 Å². The SMILES string of the molecule is CC(CCCO)NC(=O)N1C(C)CC2CCCCC21. The highest BCUT2D eigenvalue weighted by atomic mass is 16.3. The van der Waals surface area contributed by atoms with Crippen LogP contribution in [0.2, 0.25) is 0 Å². The number of rotatable bonds is 4. The van der Waals surface area contributed by atoms with E-state index >= 15 is 0 Å². The molecule has 0 spiro atoms. The number of hydrogen-bond donors (Lipinski definition) is 2. The summed E-state index contributed by atoms with van der Waals surface area (Å²) in [5, 5.41) is 11.9. The van der Waals surface area contributed by atoms with E-state index in [2.05, 4.69) is 17.1 Å². The number of aliphatic hydroxyl groups excluding tert-OH is 1. The standard InChI is InChI=1S/C15H28N2O2/c1-11(6-5-9-18)16-15(19)17-12(2)10-13-7-3-4-8-14(13)17/h11-14,18H,3-10H2,1-2H3,(H,16,19). The summed E-state index contributed by atoms with van der Waals surface area (Å²) in [5.41, 5.74) is 0. The van der Waals surface area contributed by atoms with Gasteiger partial charge in [-0.3, -0.25) is 0 Å². The van der Waals surface area contributed by atoms with Crippen molar-refractivity contribution in [3.63, 3.8) is 0 Å². The van der Waals surface area contributed by atoms with Crippen LogP contribution in [-0.4, -0.2) is 40.8 Å². The molecule has 0 radical (unpaired) electrons. The highest BCUT2D eigenvalue weighted by Gasteiger charge is 2.42. The van der Waals surface area contributed by atoms with Gasteiger partial charge in [-0.05, 0) is 51.9 Å². The topological polar surface area (TPSA) is 52.6 Å². The number of urea groups is 1. The lowest BCUT2D eigenvalue weighted by atomic mass is 9.85. The molecule has 2 N–H and O–H groups in total. The Morgan fingerprint density at radius 1 is 1.42 bits per heavy atom. The van der Waals surface area contributed by atoms with Gasteiger partial charge >= 0.3 is 6.03 Å². The summed E-state index contributed by atoms with van der Waals surface area (Å²) in [7, 11) is 0. The zero-order chi connectivity index (χ0) is 13.8. The van der Waals surface area contributed by atoms with Crippen molar-refractivity contribution >= 4 is 6.03 Å². The van der Waals surface area contributed by atoms with Crippen LogP contribution >= 0.6 is 0 Å². The van der Waals surface area contributed by atoms with Crippen LogP contribution in [0.4, 0.5) is 4.79 Å². The van der Waals surface area contributed by atoms with Gasteiger partial charge in [0.2, 0.25) is 0 Å². The number of likely N-dealkylation sites (tertiary alicyclic amines) is 1. The summed E-state index contributed by atoms with van der Waals surface area (Å²) in [6.07, 6.45) is 7.82. The first-order valence-electron chi connectivity index (χ1n) is 7.83. The minimum atomic E-state index is 0.104. The van der Waals surface area contributed by atoms with Crippen molar-refractivity contribution in [1.29, 1.82) is 0 Å². The van der Waals surface area contributed by atoms with Crippen LogP contribution in [0.1, 0.15) is 58.8 Å². The Balaban J connectivity index is 1.90. The van der Waals surface area contributed by atoms with Crippen molar-refractivity contribution in [2.45, 2.75) is 76.9 Å². The molecule has 1 aliphatic heterocycles. The molecule has 0 aromatic rings. The lowest BCUT2D eigenvalue weighted by Crippen LogP contribution is -2.50. The summed E-state index contributed by atoms with van der Waals surface area (Å²) in [5.74, 6) is 0.724. The molecule has 2 aliphatic rings. The Kier molecular flexibility index (Phi) is 5.08. The van der Waals surface area contributed by atoms with Crippen molar-refractivity contribution in [3.8, 4) is 0 Å². The van der Waals surface area contributed by atoms with Gasteiger partial charge in [0.1, 0.15) is 0 Å². The van der Waals surface area contributed by atoms with Crippen LogP contribution < -0.4 is 5.32 Å². The number of aliphatic hydroxyl groups is 1. The van der Waals surface area contributed by atoms with Crippen LogP contribution in [0.15, 0.2) is 0 Å². The fraction of sp³-hybridized carbons (Fsp3) is 0.933. The molecule has 2 rings (SSSR count). The van der Waals surface area contributed by atoms with E-state index in [1.165, 1.54) is 32.1 Å². The number of amides is 2. The average Bonchev–Trinajstić information content (AvgIpc) is 2.72. The van der Waals surface area contributed by atoms with E-state index in [0.717, 1.165) is 18.8 Å². The van der Waals surface area contributed by atoms with Crippen molar-refractivity contribution in [2.75, 3.05) is 6.61 Å². The highest BCUT2D eigenvalue weighted by molar-refractivity contribution is 5.75. The lowest BCUT2D eigenvalue weighted by Gasteiger charge is -2.34. The molecule has 0 bridgehead atoms. The quantitative estimate of drug-likeness (QED) is 0.823. The summed E-state index contributed by atoms with van der Waals surface area (Å²) in [6.45, 7) is 4.40. The molecule has 1 saturated heterocycles. The number of fused-ring (bicyclic) bond motifs is 1. The second-order valence-electron chi connectivity index (χ2n) is 6.32. The summed E-state index contributed by atoms with van der Waals surface area (Å²) in [4.78, 5) is 14.5. The van der Waals surface area contributed by atoms with Gasteiger partial charge in [-0.1, -0.05) is 12.8 Å². The molecule has 19 heavy (non-hydrogen) atoms. The molecular weight excluding hydrogens is 240 g/mol. The fourth-order valence-electron chi connectivity index (χ4n) is 3.81. The third kappa shape index (κ3) is 3.41. The van der Waals surface area contributed by atoms with E-state index in [0.29, 0.717) is 12.1 Å². The maximum absolute atomic E-state index is 12.4. The van der Waals surface area contributed by atoms with E-state index in [1.54, 1.807) is 0 Å². The zero-order valence-electron chi connectivity index (χ0n) is 12.3. The van der Waals surface area contributed by atoms with Crippen LogP contribution in [0.5, 0.6) is 0 Å².